The molecule has 0 amide bonds. The van der Waals surface area contributed by atoms with Gasteiger partial charge in [-0.3, -0.25) is 9.69 Å². The van der Waals surface area contributed by atoms with E-state index >= 15 is 0 Å². The Kier molecular flexibility index (Phi) is 7.34. The van der Waals surface area contributed by atoms with Crippen LogP contribution in [0, 0.1) is 5.92 Å². The maximum absolute atomic E-state index is 11.4. The van der Waals surface area contributed by atoms with Crippen LogP contribution in [0.15, 0.2) is 0 Å². The van der Waals surface area contributed by atoms with Gasteiger partial charge < -0.3 is 14.6 Å². The lowest BCUT2D eigenvalue weighted by Crippen LogP contribution is -2.57. The standard InChI is InChI=1S/C12H25NO4/c1-10(2)8-13(6-7-16-4)12(3,9-17-5)11(14)15/h10H,6-9H2,1-5H3,(H,14,15). The number of carbonyl (C=O) groups is 1. The summed E-state index contributed by atoms with van der Waals surface area (Å²) in [5, 5.41) is 9.38. The maximum atomic E-state index is 11.4. The Morgan fingerprint density at radius 1 is 1.35 bits per heavy atom. The minimum absolute atomic E-state index is 0.165. The van der Waals surface area contributed by atoms with E-state index in [2.05, 4.69) is 13.8 Å². The predicted octanol–water partition coefficient (Wildman–Crippen LogP) is 1.08. The van der Waals surface area contributed by atoms with E-state index in [1.54, 1.807) is 14.0 Å². The highest BCUT2D eigenvalue weighted by Crippen LogP contribution is 2.18. The summed E-state index contributed by atoms with van der Waals surface area (Å²) in [6.07, 6.45) is 0. The fraction of sp³-hybridized carbons (Fsp3) is 0.917. The van der Waals surface area contributed by atoms with E-state index in [0.29, 0.717) is 25.6 Å². The van der Waals surface area contributed by atoms with Crippen LogP contribution in [0.4, 0.5) is 0 Å². The van der Waals surface area contributed by atoms with Gasteiger partial charge in [-0.25, -0.2) is 0 Å². The van der Waals surface area contributed by atoms with Gasteiger partial charge in [0, 0.05) is 27.3 Å². The summed E-state index contributed by atoms with van der Waals surface area (Å²) < 4.78 is 10.1. The van der Waals surface area contributed by atoms with Crippen LogP contribution in [0.5, 0.6) is 0 Å². The largest absolute Gasteiger partial charge is 0.480 e. The Morgan fingerprint density at radius 2 is 1.94 bits per heavy atom. The maximum Gasteiger partial charge on any atom is 0.326 e. The molecule has 0 rings (SSSR count). The number of hydrogen-bond donors (Lipinski definition) is 1. The van der Waals surface area contributed by atoms with Crippen LogP contribution in [0.2, 0.25) is 0 Å². The third kappa shape index (κ3) is 5.02. The molecule has 1 N–H and O–H groups in total. The lowest BCUT2D eigenvalue weighted by molar-refractivity contribution is -0.155. The number of ether oxygens (including phenoxy) is 2. The highest BCUT2D eigenvalue weighted by Gasteiger charge is 2.39. The van der Waals surface area contributed by atoms with Crippen LogP contribution >= 0.6 is 0 Å². The average molecular weight is 247 g/mol. The molecule has 0 aliphatic heterocycles. The van der Waals surface area contributed by atoms with Gasteiger partial charge in [-0.15, -0.1) is 0 Å². The van der Waals surface area contributed by atoms with E-state index in [1.807, 2.05) is 4.90 Å². The fourth-order valence-corrected chi connectivity index (χ4v) is 1.75. The molecule has 102 valence electrons. The van der Waals surface area contributed by atoms with Crippen molar-refractivity contribution in [3.8, 4) is 0 Å². The van der Waals surface area contributed by atoms with Crippen LogP contribution in [-0.4, -0.2) is 62.0 Å². The van der Waals surface area contributed by atoms with Crippen LogP contribution in [0.25, 0.3) is 0 Å². The van der Waals surface area contributed by atoms with Crippen molar-refractivity contribution in [1.82, 2.24) is 4.90 Å². The minimum Gasteiger partial charge on any atom is -0.480 e. The third-order valence-corrected chi connectivity index (χ3v) is 2.73. The first-order valence-electron chi connectivity index (χ1n) is 5.84. The first-order chi connectivity index (χ1) is 7.88. The molecule has 17 heavy (non-hydrogen) atoms. The van der Waals surface area contributed by atoms with Crippen molar-refractivity contribution in [3.63, 3.8) is 0 Å². The van der Waals surface area contributed by atoms with Crippen LogP contribution in [0.1, 0.15) is 20.8 Å². The number of aliphatic carboxylic acids is 1. The van der Waals surface area contributed by atoms with Gasteiger partial charge in [-0.2, -0.15) is 0 Å². The molecule has 0 saturated carbocycles. The summed E-state index contributed by atoms with van der Waals surface area (Å²) in [5.41, 5.74) is -1.00. The minimum atomic E-state index is -1.00. The van der Waals surface area contributed by atoms with Crippen molar-refractivity contribution in [2.24, 2.45) is 5.92 Å². The number of hydrogen-bond acceptors (Lipinski definition) is 4. The Bertz CT molecular complexity index is 233. The van der Waals surface area contributed by atoms with E-state index in [-0.39, 0.29) is 6.61 Å². The van der Waals surface area contributed by atoms with Crippen LogP contribution < -0.4 is 0 Å². The Balaban J connectivity index is 4.85. The van der Waals surface area contributed by atoms with Crippen molar-refractivity contribution in [2.45, 2.75) is 26.3 Å². The molecule has 0 aliphatic rings. The molecular formula is C12H25NO4. The zero-order valence-corrected chi connectivity index (χ0v) is 11.5. The number of nitrogens with zero attached hydrogens (tertiary/aromatic N) is 1. The first kappa shape index (κ1) is 16.4. The second-order valence-electron chi connectivity index (χ2n) is 4.84. The molecular weight excluding hydrogens is 222 g/mol. The number of carboxylic acids is 1. The van der Waals surface area contributed by atoms with Crippen molar-refractivity contribution in [3.05, 3.63) is 0 Å². The predicted molar refractivity (Wildman–Crippen MR) is 66.2 cm³/mol. The summed E-state index contributed by atoms with van der Waals surface area (Å²) in [4.78, 5) is 13.3. The Labute approximate surface area is 104 Å². The SMILES string of the molecule is COCCN(CC(C)C)C(C)(COC)C(=O)O. The van der Waals surface area contributed by atoms with Crippen molar-refractivity contribution < 1.29 is 19.4 Å². The van der Waals surface area contributed by atoms with Crippen LogP contribution in [-0.2, 0) is 14.3 Å². The zero-order valence-electron chi connectivity index (χ0n) is 11.5. The molecule has 0 aliphatic carbocycles. The molecule has 5 nitrogen and oxygen atoms in total. The van der Waals surface area contributed by atoms with Gasteiger partial charge in [0.15, 0.2) is 0 Å². The Morgan fingerprint density at radius 3 is 2.29 bits per heavy atom. The smallest absolute Gasteiger partial charge is 0.326 e. The number of methoxy groups -OCH3 is 2. The molecule has 0 aromatic carbocycles. The number of rotatable bonds is 9. The van der Waals surface area contributed by atoms with E-state index in [4.69, 9.17) is 9.47 Å². The normalized spacial score (nSPS) is 15.2. The molecule has 0 aromatic rings. The molecule has 0 bridgehead atoms. The summed E-state index contributed by atoms with van der Waals surface area (Å²) in [7, 11) is 3.13. The summed E-state index contributed by atoms with van der Waals surface area (Å²) in [6.45, 7) is 7.79. The first-order valence-corrected chi connectivity index (χ1v) is 5.84. The molecule has 0 fully saturated rings. The molecule has 0 spiro atoms. The van der Waals surface area contributed by atoms with Crippen molar-refractivity contribution in [1.29, 1.82) is 0 Å². The van der Waals surface area contributed by atoms with Gasteiger partial charge in [0.25, 0.3) is 0 Å². The highest BCUT2D eigenvalue weighted by molar-refractivity contribution is 5.78. The second-order valence-corrected chi connectivity index (χ2v) is 4.84. The molecule has 0 heterocycles. The quantitative estimate of drug-likeness (QED) is 0.660. The lowest BCUT2D eigenvalue weighted by atomic mass is 9.99. The molecule has 0 aromatic heterocycles. The average Bonchev–Trinajstić information content (AvgIpc) is 2.23. The topological polar surface area (TPSA) is 59.0 Å². The zero-order chi connectivity index (χ0) is 13.5. The highest BCUT2D eigenvalue weighted by atomic mass is 16.5. The molecule has 0 radical (unpaired) electrons. The summed E-state index contributed by atoms with van der Waals surface area (Å²) in [5.74, 6) is -0.474. The van der Waals surface area contributed by atoms with Gasteiger partial charge in [0.2, 0.25) is 0 Å². The van der Waals surface area contributed by atoms with E-state index in [0.717, 1.165) is 0 Å². The number of carboxylic acid groups (broad SMARTS) is 1. The van der Waals surface area contributed by atoms with E-state index < -0.39 is 11.5 Å². The van der Waals surface area contributed by atoms with Gasteiger partial charge in [-0.1, -0.05) is 13.8 Å². The fourth-order valence-electron chi connectivity index (χ4n) is 1.75. The van der Waals surface area contributed by atoms with Crippen LogP contribution in [0.3, 0.4) is 0 Å². The molecule has 1 unspecified atom stereocenters. The molecule has 0 saturated heterocycles. The van der Waals surface area contributed by atoms with Gasteiger partial charge in [0.1, 0.15) is 5.54 Å². The van der Waals surface area contributed by atoms with Gasteiger partial charge >= 0.3 is 5.97 Å². The monoisotopic (exact) mass is 247 g/mol. The molecule has 1 atom stereocenters. The van der Waals surface area contributed by atoms with Gasteiger partial charge in [-0.05, 0) is 12.8 Å². The Hall–Kier alpha value is -0.650. The van der Waals surface area contributed by atoms with E-state index in [9.17, 15) is 9.90 Å². The third-order valence-electron chi connectivity index (χ3n) is 2.73. The van der Waals surface area contributed by atoms with Crippen molar-refractivity contribution in [2.75, 3.05) is 40.5 Å². The summed E-state index contributed by atoms with van der Waals surface area (Å²) >= 11 is 0. The summed E-state index contributed by atoms with van der Waals surface area (Å²) in [6, 6.07) is 0. The van der Waals surface area contributed by atoms with E-state index in [1.165, 1.54) is 7.11 Å². The van der Waals surface area contributed by atoms with Crippen molar-refractivity contribution >= 4 is 5.97 Å². The van der Waals surface area contributed by atoms with Gasteiger partial charge in [0.05, 0.1) is 13.2 Å². The molecule has 5 heteroatoms. The second kappa shape index (κ2) is 7.63. The lowest BCUT2D eigenvalue weighted by Gasteiger charge is -2.38.